The van der Waals surface area contributed by atoms with Gasteiger partial charge in [-0.15, -0.1) is 0 Å². The van der Waals surface area contributed by atoms with Crippen molar-refractivity contribution >= 4 is 8.80 Å². The molecule has 6 N–H and O–H groups in total. The molecule has 6 atom stereocenters. The maximum atomic E-state index is 10.6. The summed E-state index contributed by atoms with van der Waals surface area (Å²) in [7, 11) is -1.71. The fourth-order valence-corrected chi connectivity index (χ4v) is 5.94. The van der Waals surface area contributed by atoms with Gasteiger partial charge in [-0.3, -0.25) is 0 Å². The molecular weight excluding hydrogens is 268 g/mol. The standard InChI is InChI=1S/C12H25O6Si/c1-11(2,3)5-19(4)12(18)9(16)7(14)6(13)8(15)10(12)17/h6-10,13-18H,5H2,1-4H3/t6?,7-,8+,9-,10-,12?/m1/s1. The summed E-state index contributed by atoms with van der Waals surface area (Å²) in [5, 5.41) is 57.6. The Morgan fingerprint density at radius 2 is 1.26 bits per heavy atom. The van der Waals surface area contributed by atoms with E-state index in [1.54, 1.807) is 6.55 Å². The molecule has 0 saturated heterocycles. The molecule has 1 aliphatic rings. The molecule has 2 unspecified atom stereocenters. The summed E-state index contributed by atoms with van der Waals surface area (Å²) in [5.74, 6) is 0. The first-order chi connectivity index (χ1) is 8.43. The largest absolute Gasteiger partial charge is 0.388 e. The molecular formula is C12H25O6Si. The summed E-state index contributed by atoms with van der Waals surface area (Å²) in [4.78, 5) is 0. The average molecular weight is 293 g/mol. The zero-order valence-corrected chi connectivity index (χ0v) is 12.8. The molecule has 0 spiro atoms. The van der Waals surface area contributed by atoms with Crippen molar-refractivity contribution in [2.45, 2.75) is 69.1 Å². The lowest BCUT2D eigenvalue weighted by atomic mass is 9.84. The van der Waals surface area contributed by atoms with Crippen molar-refractivity contribution in [3.05, 3.63) is 0 Å². The Balaban J connectivity index is 3.05. The van der Waals surface area contributed by atoms with Gasteiger partial charge in [-0.05, 0) is 5.41 Å². The van der Waals surface area contributed by atoms with Gasteiger partial charge in [0.1, 0.15) is 35.7 Å². The quantitative estimate of drug-likeness (QED) is 0.336. The number of aliphatic hydroxyl groups excluding tert-OH is 5. The number of hydrogen-bond donors (Lipinski definition) is 6. The Morgan fingerprint density at radius 1 is 0.895 bits per heavy atom. The lowest BCUT2D eigenvalue weighted by molar-refractivity contribution is -0.241. The molecule has 0 bridgehead atoms. The predicted molar refractivity (Wildman–Crippen MR) is 70.9 cm³/mol. The van der Waals surface area contributed by atoms with E-state index in [2.05, 4.69) is 0 Å². The SMILES string of the molecule is C[Si](CC(C)(C)C)C1(O)[C@H](O)[C@H](O)C(O)[C@H](O)[C@H]1O. The van der Waals surface area contributed by atoms with Crippen molar-refractivity contribution in [3.63, 3.8) is 0 Å². The second-order valence-corrected chi connectivity index (χ2v) is 9.42. The van der Waals surface area contributed by atoms with Crippen LogP contribution in [0.3, 0.4) is 0 Å². The maximum Gasteiger partial charge on any atom is 0.111 e. The van der Waals surface area contributed by atoms with Gasteiger partial charge in [-0.25, -0.2) is 0 Å². The Morgan fingerprint density at radius 3 is 1.58 bits per heavy atom. The van der Waals surface area contributed by atoms with Gasteiger partial charge in [0, 0.05) is 0 Å². The van der Waals surface area contributed by atoms with Gasteiger partial charge in [0.15, 0.2) is 0 Å². The Hall–Kier alpha value is -0.0231. The van der Waals surface area contributed by atoms with Crippen LogP contribution in [0.15, 0.2) is 0 Å². The molecule has 0 amide bonds. The van der Waals surface area contributed by atoms with Gasteiger partial charge >= 0.3 is 0 Å². The van der Waals surface area contributed by atoms with Crippen LogP contribution in [0.5, 0.6) is 0 Å². The predicted octanol–water partition coefficient (Wildman–Crippen LogP) is -1.75. The second-order valence-electron chi connectivity index (χ2n) is 6.70. The smallest absolute Gasteiger partial charge is 0.111 e. The van der Waals surface area contributed by atoms with Gasteiger partial charge in [-0.2, -0.15) is 0 Å². The van der Waals surface area contributed by atoms with Crippen molar-refractivity contribution in [1.82, 2.24) is 0 Å². The molecule has 0 heterocycles. The van der Waals surface area contributed by atoms with Crippen LogP contribution < -0.4 is 0 Å². The third-order valence-corrected chi connectivity index (χ3v) is 7.28. The van der Waals surface area contributed by atoms with E-state index in [4.69, 9.17) is 0 Å². The van der Waals surface area contributed by atoms with Crippen LogP contribution in [-0.4, -0.2) is 75.2 Å². The summed E-state index contributed by atoms with van der Waals surface area (Å²) in [6, 6.07) is 0.567. The van der Waals surface area contributed by atoms with Crippen molar-refractivity contribution < 1.29 is 30.6 Å². The van der Waals surface area contributed by atoms with E-state index in [0.29, 0.717) is 6.04 Å². The molecule has 1 rings (SSSR count). The molecule has 0 aromatic carbocycles. The van der Waals surface area contributed by atoms with Crippen LogP contribution in [0.1, 0.15) is 20.8 Å². The minimum absolute atomic E-state index is 0.121. The summed E-state index contributed by atoms with van der Waals surface area (Å²) in [6.07, 6.45) is -8.38. The first-order valence-electron chi connectivity index (χ1n) is 6.38. The van der Waals surface area contributed by atoms with E-state index in [0.717, 1.165) is 0 Å². The molecule has 1 radical (unpaired) electrons. The van der Waals surface area contributed by atoms with Gasteiger partial charge in [-0.1, -0.05) is 33.4 Å². The van der Waals surface area contributed by atoms with Crippen molar-refractivity contribution in [3.8, 4) is 0 Å². The lowest BCUT2D eigenvalue weighted by Gasteiger charge is -2.51. The molecule has 1 saturated carbocycles. The first-order valence-corrected chi connectivity index (χ1v) is 8.59. The third kappa shape index (κ3) is 3.02. The van der Waals surface area contributed by atoms with Crippen molar-refractivity contribution in [2.75, 3.05) is 0 Å². The van der Waals surface area contributed by atoms with Gasteiger partial charge in [0.05, 0.1) is 8.80 Å². The topological polar surface area (TPSA) is 121 Å². The lowest BCUT2D eigenvalue weighted by Crippen LogP contribution is -2.75. The highest BCUT2D eigenvalue weighted by Crippen LogP contribution is 2.36. The van der Waals surface area contributed by atoms with E-state index in [1.807, 2.05) is 20.8 Å². The van der Waals surface area contributed by atoms with Crippen LogP contribution in [0.4, 0.5) is 0 Å². The fraction of sp³-hybridized carbons (Fsp3) is 1.00. The van der Waals surface area contributed by atoms with E-state index in [9.17, 15) is 30.6 Å². The molecule has 113 valence electrons. The summed E-state index contributed by atoms with van der Waals surface area (Å²) in [6.45, 7) is 7.63. The molecule has 0 aromatic rings. The normalized spacial score (nSPS) is 44.7. The number of rotatable bonds is 2. The van der Waals surface area contributed by atoms with Gasteiger partial charge in [0.25, 0.3) is 0 Å². The van der Waals surface area contributed by atoms with Crippen LogP contribution in [0.25, 0.3) is 0 Å². The van der Waals surface area contributed by atoms with Crippen LogP contribution in [-0.2, 0) is 0 Å². The maximum absolute atomic E-state index is 10.6. The van der Waals surface area contributed by atoms with E-state index < -0.39 is 44.5 Å². The summed E-state index contributed by atoms with van der Waals surface area (Å²) >= 11 is 0. The molecule has 0 aliphatic heterocycles. The van der Waals surface area contributed by atoms with Gasteiger partial charge < -0.3 is 30.6 Å². The highest BCUT2D eigenvalue weighted by Gasteiger charge is 2.60. The highest BCUT2D eigenvalue weighted by atomic mass is 28.3. The van der Waals surface area contributed by atoms with Crippen molar-refractivity contribution in [2.24, 2.45) is 5.41 Å². The highest BCUT2D eigenvalue weighted by molar-refractivity contribution is 6.61. The Labute approximate surface area is 114 Å². The third-order valence-electron chi connectivity index (χ3n) is 3.73. The molecule has 0 aromatic heterocycles. The number of aliphatic hydroxyl groups is 6. The molecule has 7 heteroatoms. The average Bonchev–Trinajstić information content (AvgIpc) is 2.29. The first kappa shape index (κ1) is 17.0. The molecule has 1 fully saturated rings. The zero-order chi connectivity index (χ0) is 15.2. The monoisotopic (exact) mass is 293 g/mol. The van der Waals surface area contributed by atoms with E-state index in [1.165, 1.54) is 0 Å². The molecule has 6 nitrogen and oxygen atoms in total. The zero-order valence-electron chi connectivity index (χ0n) is 11.8. The minimum atomic E-state index is -1.96. The van der Waals surface area contributed by atoms with Crippen LogP contribution in [0, 0.1) is 5.41 Å². The fourth-order valence-electron chi connectivity index (χ4n) is 2.71. The van der Waals surface area contributed by atoms with Gasteiger partial charge in [0.2, 0.25) is 0 Å². The summed E-state index contributed by atoms with van der Waals surface area (Å²) in [5.41, 5.74) is -0.121. The van der Waals surface area contributed by atoms with Crippen molar-refractivity contribution in [1.29, 1.82) is 0 Å². The van der Waals surface area contributed by atoms with Crippen LogP contribution >= 0.6 is 0 Å². The minimum Gasteiger partial charge on any atom is -0.388 e. The Kier molecular flexibility index (Phi) is 4.84. The Bertz CT molecular complexity index is 302. The molecule has 19 heavy (non-hydrogen) atoms. The number of hydrogen-bond acceptors (Lipinski definition) is 6. The van der Waals surface area contributed by atoms with E-state index >= 15 is 0 Å². The summed E-state index contributed by atoms with van der Waals surface area (Å²) < 4.78 is 0. The second kappa shape index (κ2) is 5.40. The van der Waals surface area contributed by atoms with Crippen LogP contribution in [0.2, 0.25) is 12.6 Å². The van der Waals surface area contributed by atoms with E-state index in [-0.39, 0.29) is 5.41 Å². The molecule has 1 aliphatic carbocycles.